The number of methoxy groups -OCH3 is 2. The summed E-state index contributed by atoms with van der Waals surface area (Å²) in [5.74, 6) is 1.45. The number of fused-ring (bicyclic) bond motifs is 1. The average molecular weight is 440 g/mol. The summed E-state index contributed by atoms with van der Waals surface area (Å²) in [6, 6.07) is 26.9. The summed E-state index contributed by atoms with van der Waals surface area (Å²) in [6.07, 6.45) is 1.57. The first-order valence-corrected chi connectivity index (χ1v) is 10.4. The topological polar surface area (TPSA) is 69.2 Å². The van der Waals surface area contributed by atoms with E-state index < -0.39 is 0 Å². The molecule has 0 spiro atoms. The van der Waals surface area contributed by atoms with Crippen LogP contribution in [0, 0.1) is 0 Å². The summed E-state index contributed by atoms with van der Waals surface area (Å²) in [4.78, 5) is 12.4. The molecular formula is C27H24N2O4. The van der Waals surface area contributed by atoms with Gasteiger partial charge >= 0.3 is 0 Å². The van der Waals surface area contributed by atoms with Crippen molar-refractivity contribution in [3.8, 4) is 17.2 Å². The highest BCUT2D eigenvalue weighted by Crippen LogP contribution is 2.23. The Balaban J connectivity index is 1.35. The van der Waals surface area contributed by atoms with Gasteiger partial charge in [0.1, 0.15) is 23.9 Å². The molecule has 0 heterocycles. The van der Waals surface area contributed by atoms with Gasteiger partial charge in [-0.25, -0.2) is 5.43 Å². The molecule has 6 nitrogen and oxygen atoms in total. The van der Waals surface area contributed by atoms with Crippen LogP contribution in [0.15, 0.2) is 90.0 Å². The SMILES string of the molecule is COc1cc(OC)cc(C(=O)NN=Cc2ccc(OCc3cccc4ccccc34)cc2)c1. The fraction of sp³-hybridized carbons (Fsp3) is 0.111. The Hall–Kier alpha value is -4.32. The largest absolute Gasteiger partial charge is 0.497 e. The minimum atomic E-state index is -0.363. The summed E-state index contributed by atoms with van der Waals surface area (Å²) in [5, 5.41) is 6.42. The van der Waals surface area contributed by atoms with Crippen LogP contribution in [0.2, 0.25) is 0 Å². The van der Waals surface area contributed by atoms with E-state index in [0.29, 0.717) is 23.7 Å². The Morgan fingerprint density at radius 2 is 1.55 bits per heavy atom. The van der Waals surface area contributed by atoms with Crippen molar-refractivity contribution in [3.05, 3.63) is 102 Å². The van der Waals surface area contributed by atoms with Gasteiger partial charge in [-0.3, -0.25) is 4.79 Å². The Labute approximate surface area is 192 Å². The standard InChI is InChI=1S/C27H24N2O4/c1-31-24-14-22(15-25(16-24)32-2)27(30)29-28-17-19-10-12-23(13-11-19)33-18-21-8-5-7-20-6-3-4-9-26(20)21/h3-17H,18H2,1-2H3,(H,29,30). The van der Waals surface area contributed by atoms with Gasteiger partial charge in [-0.2, -0.15) is 5.10 Å². The molecule has 4 aromatic rings. The van der Waals surface area contributed by atoms with E-state index in [1.165, 1.54) is 25.0 Å². The van der Waals surface area contributed by atoms with E-state index in [1.807, 2.05) is 42.5 Å². The summed E-state index contributed by atoms with van der Waals surface area (Å²) in [6.45, 7) is 0.481. The lowest BCUT2D eigenvalue weighted by Crippen LogP contribution is -2.17. The van der Waals surface area contributed by atoms with Gasteiger partial charge in [-0.1, -0.05) is 42.5 Å². The molecule has 6 heteroatoms. The van der Waals surface area contributed by atoms with E-state index in [-0.39, 0.29) is 5.91 Å². The second kappa shape index (κ2) is 10.3. The van der Waals surface area contributed by atoms with Crippen molar-refractivity contribution in [2.24, 2.45) is 5.10 Å². The lowest BCUT2D eigenvalue weighted by Gasteiger charge is -2.09. The van der Waals surface area contributed by atoms with Crippen LogP contribution < -0.4 is 19.6 Å². The predicted molar refractivity (Wildman–Crippen MR) is 129 cm³/mol. The van der Waals surface area contributed by atoms with E-state index in [2.05, 4.69) is 34.8 Å². The van der Waals surface area contributed by atoms with Crippen molar-refractivity contribution in [2.75, 3.05) is 14.2 Å². The smallest absolute Gasteiger partial charge is 0.271 e. The molecule has 0 fully saturated rings. The van der Waals surface area contributed by atoms with E-state index in [1.54, 1.807) is 24.4 Å². The zero-order chi connectivity index (χ0) is 23.0. The Morgan fingerprint density at radius 1 is 0.848 bits per heavy atom. The molecule has 0 aliphatic carbocycles. The van der Waals surface area contributed by atoms with Crippen LogP contribution in [0.25, 0.3) is 10.8 Å². The lowest BCUT2D eigenvalue weighted by atomic mass is 10.1. The number of carbonyl (C=O) groups excluding carboxylic acids is 1. The zero-order valence-electron chi connectivity index (χ0n) is 18.4. The fourth-order valence-corrected chi connectivity index (χ4v) is 3.40. The molecule has 4 aromatic carbocycles. The highest BCUT2D eigenvalue weighted by atomic mass is 16.5. The summed E-state index contributed by atoms with van der Waals surface area (Å²) in [5.41, 5.74) is 4.87. The molecule has 0 radical (unpaired) electrons. The number of benzene rings is 4. The zero-order valence-corrected chi connectivity index (χ0v) is 18.4. The van der Waals surface area contributed by atoms with Crippen LogP contribution in [0.3, 0.4) is 0 Å². The van der Waals surface area contributed by atoms with E-state index >= 15 is 0 Å². The molecular weight excluding hydrogens is 416 g/mol. The third-order valence-corrected chi connectivity index (χ3v) is 5.15. The second-order valence-corrected chi connectivity index (χ2v) is 7.30. The highest BCUT2D eigenvalue weighted by molar-refractivity contribution is 5.95. The number of hydrogen-bond donors (Lipinski definition) is 1. The van der Waals surface area contributed by atoms with Gasteiger partial charge in [0.05, 0.1) is 20.4 Å². The first-order chi connectivity index (χ1) is 16.2. The minimum absolute atomic E-state index is 0.363. The number of amides is 1. The van der Waals surface area contributed by atoms with Crippen molar-refractivity contribution in [1.82, 2.24) is 5.43 Å². The maximum absolute atomic E-state index is 12.4. The van der Waals surface area contributed by atoms with Crippen LogP contribution in [-0.4, -0.2) is 26.3 Å². The third kappa shape index (κ3) is 5.49. The van der Waals surface area contributed by atoms with Crippen LogP contribution in [0.1, 0.15) is 21.5 Å². The Morgan fingerprint density at radius 3 is 2.27 bits per heavy atom. The molecule has 1 amide bonds. The number of nitrogens with zero attached hydrogens (tertiary/aromatic N) is 1. The summed E-state index contributed by atoms with van der Waals surface area (Å²) < 4.78 is 16.3. The maximum atomic E-state index is 12.4. The first kappa shape index (κ1) is 21.9. The summed E-state index contributed by atoms with van der Waals surface area (Å²) >= 11 is 0. The number of hydrazone groups is 1. The Bertz CT molecular complexity index is 1260. The van der Waals surface area contributed by atoms with E-state index in [0.717, 1.165) is 16.9 Å². The van der Waals surface area contributed by atoms with Crippen LogP contribution in [-0.2, 0) is 6.61 Å². The van der Waals surface area contributed by atoms with Gasteiger partial charge in [0, 0.05) is 11.6 Å². The van der Waals surface area contributed by atoms with Crippen molar-refractivity contribution in [1.29, 1.82) is 0 Å². The number of nitrogens with one attached hydrogen (secondary N) is 1. The molecule has 0 aliphatic rings. The predicted octanol–water partition coefficient (Wildman–Crippen LogP) is 5.20. The van der Waals surface area contributed by atoms with Crippen LogP contribution >= 0.6 is 0 Å². The monoisotopic (exact) mass is 440 g/mol. The average Bonchev–Trinajstić information content (AvgIpc) is 2.87. The summed E-state index contributed by atoms with van der Waals surface area (Å²) in [7, 11) is 3.06. The minimum Gasteiger partial charge on any atom is -0.497 e. The van der Waals surface area contributed by atoms with Crippen molar-refractivity contribution >= 4 is 22.9 Å². The first-order valence-electron chi connectivity index (χ1n) is 10.4. The molecule has 33 heavy (non-hydrogen) atoms. The van der Waals surface area contributed by atoms with Crippen molar-refractivity contribution < 1.29 is 19.0 Å². The highest BCUT2D eigenvalue weighted by Gasteiger charge is 2.09. The molecule has 166 valence electrons. The molecule has 0 unspecified atom stereocenters. The third-order valence-electron chi connectivity index (χ3n) is 5.15. The number of rotatable bonds is 8. The molecule has 0 saturated heterocycles. The maximum Gasteiger partial charge on any atom is 0.271 e. The van der Waals surface area contributed by atoms with Crippen LogP contribution in [0.4, 0.5) is 0 Å². The number of ether oxygens (including phenoxy) is 3. The van der Waals surface area contributed by atoms with Crippen molar-refractivity contribution in [2.45, 2.75) is 6.61 Å². The number of carbonyl (C=O) groups is 1. The van der Waals surface area contributed by atoms with Gasteiger partial charge in [0.15, 0.2) is 0 Å². The molecule has 0 saturated carbocycles. The fourth-order valence-electron chi connectivity index (χ4n) is 3.40. The molecule has 4 rings (SSSR count). The van der Waals surface area contributed by atoms with Crippen LogP contribution in [0.5, 0.6) is 17.2 Å². The lowest BCUT2D eigenvalue weighted by molar-refractivity contribution is 0.0954. The molecule has 1 N–H and O–H groups in total. The molecule has 0 bridgehead atoms. The normalized spacial score (nSPS) is 10.8. The van der Waals surface area contributed by atoms with Gasteiger partial charge in [-0.15, -0.1) is 0 Å². The van der Waals surface area contributed by atoms with Gasteiger partial charge < -0.3 is 14.2 Å². The molecule has 0 aromatic heterocycles. The van der Waals surface area contributed by atoms with E-state index in [9.17, 15) is 4.79 Å². The Kier molecular flexibility index (Phi) is 6.85. The second-order valence-electron chi connectivity index (χ2n) is 7.30. The van der Waals surface area contributed by atoms with Gasteiger partial charge in [0.2, 0.25) is 0 Å². The van der Waals surface area contributed by atoms with Gasteiger partial charge in [0.25, 0.3) is 5.91 Å². The van der Waals surface area contributed by atoms with E-state index in [4.69, 9.17) is 14.2 Å². The van der Waals surface area contributed by atoms with Gasteiger partial charge in [-0.05, 0) is 58.3 Å². The molecule has 0 aliphatic heterocycles. The van der Waals surface area contributed by atoms with Crippen molar-refractivity contribution in [3.63, 3.8) is 0 Å². The number of hydrogen-bond acceptors (Lipinski definition) is 5. The quantitative estimate of drug-likeness (QED) is 0.302. The molecule has 0 atom stereocenters.